The van der Waals surface area contributed by atoms with Crippen LogP contribution >= 0.6 is 0 Å². The lowest BCUT2D eigenvalue weighted by atomic mass is 10.1. The first-order valence-electron chi connectivity index (χ1n) is 5.01. The fraction of sp³-hybridized carbons (Fsp3) is 0.636. The molecule has 0 aliphatic carbocycles. The lowest BCUT2D eigenvalue weighted by Gasteiger charge is -2.22. The van der Waals surface area contributed by atoms with E-state index in [0.29, 0.717) is 0 Å². The van der Waals surface area contributed by atoms with Gasteiger partial charge in [-0.2, -0.15) is 0 Å². The first-order valence-corrected chi connectivity index (χ1v) is 5.01. The molecule has 1 fully saturated rings. The summed E-state index contributed by atoms with van der Waals surface area (Å²) in [6.45, 7) is 13.0. The molecule has 0 saturated carbocycles. The highest BCUT2D eigenvalue weighted by atomic mass is 15.1. The number of nitrogens with zero attached hydrogens (tertiary/aromatic N) is 1. The second kappa shape index (κ2) is 5.95. The average Bonchev–Trinajstić information content (AvgIpc) is 2.58. The molecule has 1 aliphatic rings. The Morgan fingerprint density at radius 3 is 2.46 bits per heavy atom. The maximum atomic E-state index is 3.77. The van der Waals surface area contributed by atoms with E-state index in [0.717, 1.165) is 19.0 Å². The van der Waals surface area contributed by atoms with Crippen LogP contribution in [0.15, 0.2) is 25.3 Å². The topological polar surface area (TPSA) is 15.3 Å². The second-order valence-electron chi connectivity index (χ2n) is 3.65. The molecule has 1 unspecified atom stereocenters. The average molecular weight is 180 g/mol. The zero-order valence-electron chi connectivity index (χ0n) is 8.34. The minimum Gasteiger partial charge on any atom is -0.316 e. The van der Waals surface area contributed by atoms with Crippen LogP contribution in [0.1, 0.15) is 6.42 Å². The van der Waals surface area contributed by atoms with Gasteiger partial charge in [0.15, 0.2) is 0 Å². The Bertz CT molecular complexity index is 149. The fourth-order valence-corrected chi connectivity index (χ4v) is 1.82. The van der Waals surface area contributed by atoms with Gasteiger partial charge in [0, 0.05) is 19.6 Å². The van der Waals surface area contributed by atoms with Crippen LogP contribution in [0.2, 0.25) is 0 Å². The monoisotopic (exact) mass is 180 g/mol. The number of nitrogens with one attached hydrogen (secondary N) is 1. The summed E-state index contributed by atoms with van der Waals surface area (Å²) in [6.07, 6.45) is 5.24. The van der Waals surface area contributed by atoms with Crippen molar-refractivity contribution in [3.05, 3.63) is 25.3 Å². The van der Waals surface area contributed by atoms with Crippen LogP contribution < -0.4 is 5.32 Å². The summed E-state index contributed by atoms with van der Waals surface area (Å²) < 4.78 is 0. The van der Waals surface area contributed by atoms with E-state index in [1.54, 1.807) is 0 Å². The van der Waals surface area contributed by atoms with E-state index in [-0.39, 0.29) is 0 Å². The lowest BCUT2D eigenvalue weighted by Crippen LogP contribution is -2.30. The van der Waals surface area contributed by atoms with Crippen LogP contribution in [0, 0.1) is 5.92 Å². The molecule has 0 aromatic carbocycles. The molecule has 1 heterocycles. The van der Waals surface area contributed by atoms with Crippen LogP contribution in [-0.2, 0) is 0 Å². The van der Waals surface area contributed by atoms with Crippen molar-refractivity contribution in [3.63, 3.8) is 0 Å². The second-order valence-corrected chi connectivity index (χ2v) is 3.65. The minimum atomic E-state index is 0.819. The third-order valence-corrected chi connectivity index (χ3v) is 2.45. The van der Waals surface area contributed by atoms with Crippen molar-refractivity contribution in [2.75, 3.05) is 32.7 Å². The zero-order chi connectivity index (χ0) is 9.52. The van der Waals surface area contributed by atoms with Crippen molar-refractivity contribution in [1.29, 1.82) is 0 Å². The molecule has 2 nitrogen and oxygen atoms in total. The fourth-order valence-electron chi connectivity index (χ4n) is 1.82. The minimum absolute atomic E-state index is 0.819. The summed E-state index contributed by atoms with van der Waals surface area (Å²) in [6, 6.07) is 0. The molecule has 13 heavy (non-hydrogen) atoms. The van der Waals surface area contributed by atoms with Crippen LogP contribution in [0.4, 0.5) is 0 Å². The Kier molecular flexibility index (Phi) is 4.79. The van der Waals surface area contributed by atoms with Gasteiger partial charge >= 0.3 is 0 Å². The third-order valence-electron chi connectivity index (χ3n) is 2.45. The largest absolute Gasteiger partial charge is 0.316 e. The van der Waals surface area contributed by atoms with Crippen molar-refractivity contribution < 1.29 is 0 Å². The molecule has 1 rings (SSSR count). The molecule has 1 saturated heterocycles. The van der Waals surface area contributed by atoms with Crippen molar-refractivity contribution in [2.45, 2.75) is 6.42 Å². The quantitative estimate of drug-likeness (QED) is 0.619. The molecule has 1 N–H and O–H groups in total. The summed E-state index contributed by atoms with van der Waals surface area (Å²) in [5.41, 5.74) is 0. The van der Waals surface area contributed by atoms with Gasteiger partial charge in [-0.15, -0.1) is 13.2 Å². The van der Waals surface area contributed by atoms with Crippen LogP contribution in [0.5, 0.6) is 0 Å². The summed E-state index contributed by atoms with van der Waals surface area (Å²) in [7, 11) is 0. The number of hydrogen-bond donors (Lipinski definition) is 1. The summed E-state index contributed by atoms with van der Waals surface area (Å²) in [4.78, 5) is 2.39. The van der Waals surface area contributed by atoms with Crippen molar-refractivity contribution in [1.82, 2.24) is 10.2 Å². The highest BCUT2D eigenvalue weighted by Gasteiger charge is 2.16. The molecule has 0 spiro atoms. The molecule has 1 aliphatic heterocycles. The molecular formula is C11H20N2. The first-order chi connectivity index (χ1) is 6.36. The Hall–Kier alpha value is -0.600. The van der Waals surface area contributed by atoms with Gasteiger partial charge in [0.25, 0.3) is 0 Å². The maximum Gasteiger partial charge on any atom is 0.0164 e. The standard InChI is InChI=1S/C11H20N2/c1-3-7-13(8-4-2)10-11-5-6-12-9-11/h3-4,11-12H,1-2,5-10H2. The summed E-state index contributed by atoms with van der Waals surface area (Å²) >= 11 is 0. The Balaban J connectivity index is 2.26. The van der Waals surface area contributed by atoms with Crippen molar-refractivity contribution >= 4 is 0 Å². The third kappa shape index (κ3) is 3.75. The van der Waals surface area contributed by atoms with E-state index >= 15 is 0 Å². The Labute approximate surface area is 81.3 Å². The van der Waals surface area contributed by atoms with Gasteiger partial charge in [-0.3, -0.25) is 4.90 Å². The maximum absolute atomic E-state index is 3.77. The van der Waals surface area contributed by atoms with Crippen LogP contribution in [0.3, 0.4) is 0 Å². The van der Waals surface area contributed by atoms with Crippen LogP contribution in [0.25, 0.3) is 0 Å². The van der Waals surface area contributed by atoms with E-state index in [9.17, 15) is 0 Å². The van der Waals surface area contributed by atoms with E-state index in [1.807, 2.05) is 12.2 Å². The van der Waals surface area contributed by atoms with E-state index in [1.165, 1.54) is 26.1 Å². The van der Waals surface area contributed by atoms with E-state index in [2.05, 4.69) is 23.4 Å². The molecule has 0 amide bonds. The van der Waals surface area contributed by atoms with Gasteiger partial charge in [0.05, 0.1) is 0 Å². The summed E-state index contributed by atoms with van der Waals surface area (Å²) in [5, 5.41) is 3.38. The molecule has 74 valence electrons. The highest BCUT2D eigenvalue weighted by Crippen LogP contribution is 2.09. The van der Waals surface area contributed by atoms with Gasteiger partial charge in [0.2, 0.25) is 0 Å². The van der Waals surface area contributed by atoms with Gasteiger partial charge in [0.1, 0.15) is 0 Å². The summed E-state index contributed by atoms with van der Waals surface area (Å²) in [5.74, 6) is 0.819. The molecule has 0 aromatic rings. The first kappa shape index (κ1) is 10.5. The predicted molar refractivity (Wildman–Crippen MR) is 57.8 cm³/mol. The lowest BCUT2D eigenvalue weighted by molar-refractivity contribution is 0.285. The van der Waals surface area contributed by atoms with Crippen molar-refractivity contribution in [2.24, 2.45) is 5.92 Å². The van der Waals surface area contributed by atoms with Gasteiger partial charge < -0.3 is 5.32 Å². The molecule has 0 radical (unpaired) electrons. The zero-order valence-corrected chi connectivity index (χ0v) is 8.34. The van der Waals surface area contributed by atoms with E-state index in [4.69, 9.17) is 0 Å². The molecule has 2 heteroatoms. The molecule has 0 aromatic heterocycles. The molecule has 1 atom stereocenters. The normalized spacial score (nSPS) is 22.1. The number of rotatable bonds is 6. The SMILES string of the molecule is C=CCN(CC=C)CC1CCNC1. The molecular weight excluding hydrogens is 160 g/mol. The Morgan fingerprint density at radius 2 is 2.00 bits per heavy atom. The van der Waals surface area contributed by atoms with Crippen molar-refractivity contribution in [3.8, 4) is 0 Å². The van der Waals surface area contributed by atoms with Gasteiger partial charge in [-0.05, 0) is 25.4 Å². The highest BCUT2D eigenvalue weighted by molar-refractivity contribution is 4.83. The smallest absolute Gasteiger partial charge is 0.0164 e. The van der Waals surface area contributed by atoms with Gasteiger partial charge in [-0.25, -0.2) is 0 Å². The van der Waals surface area contributed by atoms with E-state index < -0.39 is 0 Å². The number of hydrogen-bond acceptors (Lipinski definition) is 2. The van der Waals surface area contributed by atoms with Crippen LogP contribution in [-0.4, -0.2) is 37.6 Å². The predicted octanol–water partition coefficient (Wildman–Crippen LogP) is 1.27. The Morgan fingerprint density at radius 1 is 1.31 bits per heavy atom. The van der Waals surface area contributed by atoms with Gasteiger partial charge in [-0.1, -0.05) is 12.2 Å². The molecule has 0 bridgehead atoms.